The van der Waals surface area contributed by atoms with Gasteiger partial charge >= 0.3 is 5.97 Å². The number of aliphatic imine (C=N–C) groups is 2. The van der Waals surface area contributed by atoms with Crippen LogP contribution < -0.4 is 10.6 Å². The highest BCUT2D eigenvalue weighted by Crippen LogP contribution is 2.28. The molecule has 1 saturated heterocycles. The van der Waals surface area contributed by atoms with Crippen molar-refractivity contribution in [2.75, 3.05) is 13.2 Å². The quantitative estimate of drug-likeness (QED) is 0.0558. The summed E-state index contributed by atoms with van der Waals surface area (Å²) in [5.41, 5.74) is 0.754. The summed E-state index contributed by atoms with van der Waals surface area (Å²) in [7, 11) is 0. The smallest absolute Gasteiger partial charge is 0.303 e. The number of amides is 4. The molecule has 8 unspecified atom stereocenters. The van der Waals surface area contributed by atoms with Gasteiger partial charge in [0.25, 0.3) is 23.6 Å². The number of esters is 1. The Balaban J connectivity index is 1.39. The number of aliphatic hydroxyl groups excluding tert-OH is 5. The molecular weight excluding hydrogens is 640 g/mol. The highest BCUT2D eigenvalue weighted by molar-refractivity contribution is 6.22. The Hall–Kier alpha value is -4.79. The number of aliphatic hydroxyl groups is 5. The maximum Gasteiger partial charge on any atom is 0.303 e. The number of nitrogens with zero attached hydrogens (tertiary/aromatic N) is 2. The molecule has 48 heavy (non-hydrogen) atoms. The molecule has 2 aromatic carbocycles. The lowest BCUT2D eigenvalue weighted by Crippen LogP contribution is -2.61. The van der Waals surface area contributed by atoms with Crippen molar-refractivity contribution in [2.45, 2.75) is 56.1 Å². The van der Waals surface area contributed by atoms with Gasteiger partial charge in [0.2, 0.25) is 0 Å². The fourth-order valence-electron chi connectivity index (χ4n) is 5.09. The predicted octanol–water partition coefficient (Wildman–Crippen LogP) is -1.99. The van der Waals surface area contributed by atoms with E-state index in [9.17, 15) is 49.5 Å². The van der Waals surface area contributed by atoms with Crippen molar-refractivity contribution < 1.29 is 68.5 Å². The Kier molecular flexibility index (Phi) is 10.5. The highest BCUT2D eigenvalue weighted by Gasteiger charge is 2.48. The zero-order valence-corrected chi connectivity index (χ0v) is 25.0. The SMILES string of the molecule is CC(=O)OC1C(O)C(CO)OC(OC(C=Nc2ccc3c(c2)C(=O)NC3=O)C(CO)OC(O)C=Nc2ccc3c(c2)C(=O)NC3=O)C1O. The maximum absolute atomic E-state index is 12.1. The fourth-order valence-corrected chi connectivity index (χ4v) is 5.09. The van der Waals surface area contributed by atoms with Crippen LogP contribution in [0.25, 0.3) is 0 Å². The minimum absolute atomic E-state index is 0.0529. The number of carbonyl (C=O) groups is 5. The van der Waals surface area contributed by atoms with Crippen molar-refractivity contribution in [3.8, 4) is 0 Å². The molecular formula is C30H30N4O14. The molecule has 0 saturated carbocycles. The van der Waals surface area contributed by atoms with Gasteiger partial charge in [-0.15, -0.1) is 0 Å². The lowest BCUT2D eigenvalue weighted by molar-refractivity contribution is -0.315. The number of imide groups is 2. The molecule has 5 rings (SSSR count). The van der Waals surface area contributed by atoms with Crippen molar-refractivity contribution in [1.29, 1.82) is 0 Å². The molecule has 0 aliphatic carbocycles. The number of carbonyl (C=O) groups excluding carboxylic acids is 5. The first-order chi connectivity index (χ1) is 22.9. The summed E-state index contributed by atoms with van der Waals surface area (Å²) in [5, 5.41) is 56.2. The number of hydrogen-bond acceptors (Lipinski definition) is 16. The van der Waals surface area contributed by atoms with Crippen molar-refractivity contribution in [3.05, 3.63) is 58.7 Å². The van der Waals surface area contributed by atoms with E-state index in [4.69, 9.17) is 18.9 Å². The third-order valence-corrected chi connectivity index (χ3v) is 7.44. The van der Waals surface area contributed by atoms with Crippen LogP contribution >= 0.6 is 0 Å². The van der Waals surface area contributed by atoms with Gasteiger partial charge in [0.1, 0.15) is 30.5 Å². The summed E-state index contributed by atoms with van der Waals surface area (Å²) in [4.78, 5) is 67.7. The third-order valence-electron chi connectivity index (χ3n) is 7.44. The normalized spacial score (nSPS) is 25.5. The summed E-state index contributed by atoms with van der Waals surface area (Å²) < 4.78 is 21.9. The third kappa shape index (κ3) is 7.35. The minimum Gasteiger partial charge on any atom is -0.457 e. The van der Waals surface area contributed by atoms with Crippen LogP contribution in [-0.2, 0) is 23.7 Å². The number of nitrogens with one attached hydrogen (secondary N) is 2. The summed E-state index contributed by atoms with van der Waals surface area (Å²) in [6.07, 6.45) is -11.0. The summed E-state index contributed by atoms with van der Waals surface area (Å²) in [6, 6.07) is 8.19. The Morgan fingerprint density at radius 3 is 1.94 bits per heavy atom. The second-order valence-electron chi connectivity index (χ2n) is 10.7. The Bertz CT molecular complexity index is 1680. The lowest BCUT2D eigenvalue weighted by atomic mass is 9.99. The molecule has 18 nitrogen and oxygen atoms in total. The van der Waals surface area contributed by atoms with E-state index in [2.05, 4.69) is 20.6 Å². The number of rotatable bonds is 12. The molecule has 0 radical (unpaired) electrons. The topological polar surface area (TPSA) is 272 Å². The number of benzene rings is 2. The molecule has 8 atom stereocenters. The number of hydrogen-bond donors (Lipinski definition) is 7. The van der Waals surface area contributed by atoms with Gasteiger partial charge in [-0.2, -0.15) is 0 Å². The highest BCUT2D eigenvalue weighted by atomic mass is 16.7. The number of fused-ring (bicyclic) bond motifs is 2. The van der Waals surface area contributed by atoms with Crippen LogP contribution in [0.5, 0.6) is 0 Å². The molecule has 18 heteroatoms. The van der Waals surface area contributed by atoms with Crippen LogP contribution in [0.3, 0.4) is 0 Å². The second-order valence-corrected chi connectivity index (χ2v) is 10.7. The van der Waals surface area contributed by atoms with Crippen LogP contribution in [0.4, 0.5) is 11.4 Å². The van der Waals surface area contributed by atoms with Crippen molar-refractivity contribution in [2.24, 2.45) is 9.98 Å². The monoisotopic (exact) mass is 670 g/mol. The van der Waals surface area contributed by atoms with Crippen LogP contribution in [0.1, 0.15) is 48.4 Å². The molecule has 3 aliphatic rings. The zero-order chi connectivity index (χ0) is 34.7. The van der Waals surface area contributed by atoms with E-state index in [0.29, 0.717) is 0 Å². The van der Waals surface area contributed by atoms with Crippen LogP contribution in [0.15, 0.2) is 46.4 Å². The van der Waals surface area contributed by atoms with Gasteiger partial charge in [-0.25, -0.2) is 0 Å². The van der Waals surface area contributed by atoms with Gasteiger partial charge in [0.05, 0.1) is 53.1 Å². The molecule has 3 aliphatic heterocycles. The van der Waals surface area contributed by atoms with E-state index in [1.807, 2.05) is 0 Å². The van der Waals surface area contributed by atoms with E-state index in [-0.39, 0.29) is 33.6 Å². The first-order valence-corrected chi connectivity index (χ1v) is 14.4. The molecule has 2 aromatic rings. The largest absolute Gasteiger partial charge is 0.457 e. The Morgan fingerprint density at radius 1 is 0.875 bits per heavy atom. The standard InChI is InChI=1S/C30H30N4O14/c1-12(37)45-25-23(39)21(11-36)48-30(24(25)40)47-19(8-31-13-2-4-15-17(6-13)28(43)33-26(15)41)20(10-35)46-22(38)9-32-14-3-5-16-18(7-14)29(44)34-27(16)42/h2-9,19-25,30,35-36,38-40H,10-11H2,1H3,(H,33,41,43)(H,34,42,44). The van der Waals surface area contributed by atoms with Gasteiger partial charge in [0, 0.05) is 13.1 Å². The van der Waals surface area contributed by atoms with E-state index in [1.54, 1.807) is 0 Å². The van der Waals surface area contributed by atoms with E-state index >= 15 is 0 Å². The summed E-state index contributed by atoms with van der Waals surface area (Å²) >= 11 is 0. The molecule has 3 heterocycles. The molecule has 4 amide bonds. The molecule has 254 valence electrons. The number of ether oxygens (including phenoxy) is 4. The first kappa shape index (κ1) is 34.5. The van der Waals surface area contributed by atoms with Crippen LogP contribution in [0.2, 0.25) is 0 Å². The van der Waals surface area contributed by atoms with Gasteiger partial charge in [-0.05, 0) is 36.4 Å². The molecule has 7 N–H and O–H groups in total. The van der Waals surface area contributed by atoms with Crippen LogP contribution in [-0.4, -0.2) is 130 Å². The van der Waals surface area contributed by atoms with Gasteiger partial charge in [0.15, 0.2) is 18.7 Å². The molecule has 0 spiro atoms. The van der Waals surface area contributed by atoms with Gasteiger partial charge in [-0.1, -0.05) is 0 Å². The summed E-state index contributed by atoms with van der Waals surface area (Å²) in [6.45, 7) is -0.575. The minimum atomic E-state index is -1.83. The maximum atomic E-state index is 12.1. The van der Waals surface area contributed by atoms with E-state index < -0.39 is 92.0 Å². The van der Waals surface area contributed by atoms with Crippen LogP contribution in [0, 0.1) is 0 Å². The molecule has 1 fully saturated rings. The average Bonchev–Trinajstić information content (AvgIpc) is 3.51. The fraction of sp³-hybridized carbons (Fsp3) is 0.367. The summed E-state index contributed by atoms with van der Waals surface area (Å²) in [5.74, 6) is -3.26. The molecule has 0 bridgehead atoms. The van der Waals surface area contributed by atoms with Crippen molar-refractivity contribution in [1.82, 2.24) is 10.6 Å². The van der Waals surface area contributed by atoms with E-state index in [1.165, 1.54) is 36.4 Å². The predicted molar refractivity (Wildman–Crippen MR) is 159 cm³/mol. The van der Waals surface area contributed by atoms with Gasteiger partial charge in [-0.3, -0.25) is 44.6 Å². The molecule has 0 aromatic heterocycles. The second kappa shape index (κ2) is 14.5. The van der Waals surface area contributed by atoms with E-state index in [0.717, 1.165) is 19.4 Å². The van der Waals surface area contributed by atoms with Crippen molar-refractivity contribution in [3.63, 3.8) is 0 Å². The average molecular weight is 671 g/mol. The zero-order valence-electron chi connectivity index (χ0n) is 25.0. The lowest BCUT2D eigenvalue weighted by Gasteiger charge is -2.42. The Morgan fingerprint density at radius 2 is 1.42 bits per heavy atom. The Labute approximate surface area is 270 Å². The van der Waals surface area contributed by atoms with Crippen molar-refractivity contribution >= 4 is 53.4 Å². The van der Waals surface area contributed by atoms with Gasteiger partial charge < -0.3 is 44.5 Å². The first-order valence-electron chi connectivity index (χ1n) is 14.4.